The lowest BCUT2D eigenvalue weighted by atomic mass is 10.1. The molecule has 3 heterocycles. The summed E-state index contributed by atoms with van der Waals surface area (Å²) < 4.78 is 25.3. The van der Waals surface area contributed by atoms with Crippen molar-refractivity contribution in [1.29, 1.82) is 0 Å². The molecule has 2 fully saturated rings. The van der Waals surface area contributed by atoms with E-state index >= 15 is 0 Å². The molecule has 9 heteroatoms. The predicted octanol–water partition coefficient (Wildman–Crippen LogP) is 1.27. The van der Waals surface area contributed by atoms with Crippen LogP contribution in [0.5, 0.6) is 0 Å². The fraction of sp³-hybridized carbons (Fsp3) is 0.500. The van der Waals surface area contributed by atoms with Gasteiger partial charge in [0.2, 0.25) is 11.8 Å². The van der Waals surface area contributed by atoms with Gasteiger partial charge in [0.15, 0.2) is 9.84 Å². The fourth-order valence-electron chi connectivity index (χ4n) is 4.37. The number of nitrogens with zero attached hydrogens (tertiary/aromatic N) is 3. The zero-order valence-corrected chi connectivity index (χ0v) is 18.5. The van der Waals surface area contributed by atoms with Gasteiger partial charge >= 0.3 is 0 Å². The van der Waals surface area contributed by atoms with Gasteiger partial charge < -0.3 is 10.2 Å². The minimum Gasteiger partial charge on any atom is -0.356 e. The second-order valence-electron chi connectivity index (χ2n) is 8.42. The molecule has 0 bridgehead atoms. The molecule has 2 atom stereocenters. The van der Waals surface area contributed by atoms with Gasteiger partial charge in [0.05, 0.1) is 28.8 Å². The highest BCUT2D eigenvalue weighted by molar-refractivity contribution is 7.91. The number of likely N-dealkylation sites (tertiary alicyclic amines) is 1. The Morgan fingerprint density at radius 1 is 1.26 bits per heavy atom. The predicted molar refractivity (Wildman–Crippen MR) is 117 cm³/mol. The summed E-state index contributed by atoms with van der Waals surface area (Å²) in [6, 6.07) is 9.65. The van der Waals surface area contributed by atoms with Gasteiger partial charge in [-0.1, -0.05) is 18.2 Å². The summed E-state index contributed by atoms with van der Waals surface area (Å²) in [7, 11) is -3.06. The minimum atomic E-state index is -3.06. The normalized spacial score (nSPS) is 22.7. The molecule has 2 unspecified atom stereocenters. The van der Waals surface area contributed by atoms with Gasteiger partial charge in [-0.15, -0.1) is 0 Å². The van der Waals surface area contributed by atoms with Crippen molar-refractivity contribution in [1.82, 2.24) is 20.0 Å². The minimum absolute atomic E-state index is 0.0170. The molecule has 166 valence electrons. The van der Waals surface area contributed by atoms with Crippen molar-refractivity contribution < 1.29 is 18.0 Å². The van der Waals surface area contributed by atoms with Crippen LogP contribution in [0.4, 0.5) is 0 Å². The number of aromatic nitrogens is 2. The lowest BCUT2D eigenvalue weighted by molar-refractivity contribution is -0.130. The zero-order valence-electron chi connectivity index (χ0n) is 17.7. The third kappa shape index (κ3) is 4.98. The Kier molecular flexibility index (Phi) is 6.13. The van der Waals surface area contributed by atoms with Crippen molar-refractivity contribution in [2.24, 2.45) is 5.92 Å². The van der Waals surface area contributed by atoms with E-state index in [-0.39, 0.29) is 35.8 Å². The second kappa shape index (κ2) is 8.82. The quantitative estimate of drug-likeness (QED) is 0.648. The van der Waals surface area contributed by atoms with E-state index in [0.29, 0.717) is 19.5 Å². The van der Waals surface area contributed by atoms with Crippen molar-refractivity contribution >= 4 is 21.7 Å². The Morgan fingerprint density at radius 3 is 2.74 bits per heavy atom. The molecule has 2 amide bonds. The van der Waals surface area contributed by atoms with Crippen molar-refractivity contribution in [3.05, 3.63) is 47.8 Å². The van der Waals surface area contributed by atoms with Crippen LogP contribution in [0.15, 0.2) is 36.5 Å². The summed E-state index contributed by atoms with van der Waals surface area (Å²) in [6.45, 7) is 2.82. The molecule has 2 aliphatic rings. The average molecular weight is 445 g/mol. The molecule has 8 nitrogen and oxygen atoms in total. The van der Waals surface area contributed by atoms with E-state index in [9.17, 15) is 18.0 Å². The highest BCUT2D eigenvalue weighted by Crippen LogP contribution is 2.26. The molecule has 31 heavy (non-hydrogen) atoms. The van der Waals surface area contributed by atoms with E-state index in [2.05, 4.69) is 10.4 Å². The van der Waals surface area contributed by atoms with Gasteiger partial charge in [-0.05, 0) is 43.9 Å². The van der Waals surface area contributed by atoms with Crippen LogP contribution in [-0.2, 0) is 25.8 Å². The van der Waals surface area contributed by atoms with Crippen molar-refractivity contribution in [2.75, 3.05) is 24.6 Å². The highest BCUT2D eigenvalue weighted by atomic mass is 32.2. The lowest BCUT2D eigenvalue weighted by Crippen LogP contribution is -2.39. The Morgan fingerprint density at radius 2 is 2.03 bits per heavy atom. The van der Waals surface area contributed by atoms with Crippen LogP contribution in [0.2, 0.25) is 0 Å². The summed E-state index contributed by atoms with van der Waals surface area (Å²) in [4.78, 5) is 26.4. The number of nitrogens with one attached hydrogen (secondary N) is 1. The maximum Gasteiger partial charge on any atom is 0.225 e. The summed E-state index contributed by atoms with van der Waals surface area (Å²) in [5, 5.41) is 7.50. The molecule has 1 N–H and O–H groups in total. The number of hydrogen-bond acceptors (Lipinski definition) is 5. The van der Waals surface area contributed by atoms with E-state index in [1.54, 1.807) is 4.90 Å². The largest absolute Gasteiger partial charge is 0.356 e. The maximum absolute atomic E-state index is 12.5. The first kappa shape index (κ1) is 21.5. The summed E-state index contributed by atoms with van der Waals surface area (Å²) in [5.41, 5.74) is 3.12. The number of para-hydroxylation sites is 1. The van der Waals surface area contributed by atoms with Gasteiger partial charge in [0.25, 0.3) is 0 Å². The molecule has 0 radical (unpaired) electrons. The van der Waals surface area contributed by atoms with E-state index in [4.69, 9.17) is 0 Å². The van der Waals surface area contributed by atoms with E-state index in [0.717, 1.165) is 29.8 Å². The molecule has 1 aromatic carbocycles. The zero-order chi connectivity index (χ0) is 22.0. The lowest BCUT2D eigenvalue weighted by Gasteiger charge is -2.22. The van der Waals surface area contributed by atoms with Gasteiger partial charge in [-0.25, -0.2) is 13.1 Å². The molecule has 1 aromatic heterocycles. The van der Waals surface area contributed by atoms with Crippen LogP contribution in [0.1, 0.15) is 30.5 Å². The van der Waals surface area contributed by atoms with E-state index in [1.165, 1.54) is 0 Å². The molecular formula is C22H28N4O4S. The van der Waals surface area contributed by atoms with E-state index in [1.807, 2.05) is 48.1 Å². The number of amides is 2. The van der Waals surface area contributed by atoms with Crippen LogP contribution in [-0.4, -0.2) is 65.5 Å². The molecule has 2 saturated heterocycles. The number of hydrogen-bond donors (Lipinski definition) is 1. The monoisotopic (exact) mass is 444 g/mol. The first-order valence-electron chi connectivity index (χ1n) is 10.7. The van der Waals surface area contributed by atoms with Crippen LogP contribution in [0.25, 0.3) is 5.69 Å². The average Bonchev–Trinajstić information content (AvgIpc) is 3.42. The number of carbonyl (C=O) groups excluding carboxylic acids is 2. The number of rotatable bonds is 7. The fourth-order valence-corrected chi connectivity index (χ4v) is 6.10. The van der Waals surface area contributed by atoms with Crippen molar-refractivity contribution in [3.8, 4) is 5.69 Å². The molecule has 2 aromatic rings. The molecule has 0 saturated carbocycles. The Bertz CT molecular complexity index is 1060. The molecule has 2 aliphatic heterocycles. The summed E-state index contributed by atoms with van der Waals surface area (Å²) >= 11 is 0. The highest BCUT2D eigenvalue weighted by Gasteiger charge is 2.41. The molecule has 0 aliphatic carbocycles. The van der Waals surface area contributed by atoms with Crippen LogP contribution in [0.3, 0.4) is 0 Å². The van der Waals surface area contributed by atoms with Crippen molar-refractivity contribution in [3.63, 3.8) is 0 Å². The number of sulfone groups is 1. The van der Waals surface area contributed by atoms with Gasteiger partial charge in [-0.2, -0.15) is 5.10 Å². The van der Waals surface area contributed by atoms with Crippen LogP contribution in [0, 0.1) is 12.8 Å². The number of carbonyl (C=O) groups is 2. The molecule has 0 spiro atoms. The van der Waals surface area contributed by atoms with E-state index < -0.39 is 15.8 Å². The first-order chi connectivity index (χ1) is 14.8. The second-order valence-corrected chi connectivity index (χ2v) is 10.6. The van der Waals surface area contributed by atoms with Gasteiger partial charge in [0, 0.05) is 31.7 Å². The van der Waals surface area contributed by atoms with Gasteiger partial charge in [-0.3, -0.25) is 9.59 Å². The number of benzene rings is 1. The van der Waals surface area contributed by atoms with Crippen LogP contribution < -0.4 is 5.32 Å². The third-order valence-electron chi connectivity index (χ3n) is 6.12. The standard InChI is InChI=1S/C22H28N4O4S/c1-16-17(14-26(24-16)19-7-3-2-4-8-19)6-5-10-23-22(28)18-12-21(27)25(13-18)20-9-11-31(29,30)15-20/h2-4,7-8,14,18,20H,5-6,9-13,15H2,1H3,(H,23,28). The Balaban J connectivity index is 1.24. The van der Waals surface area contributed by atoms with Crippen LogP contribution >= 0.6 is 0 Å². The third-order valence-corrected chi connectivity index (χ3v) is 7.87. The Labute approximate surface area is 182 Å². The maximum atomic E-state index is 12.5. The Hall–Kier alpha value is -2.68. The summed E-state index contributed by atoms with van der Waals surface area (Å²) in [6.07, 6.45) is 4.23. The SMILES string of the molecule is Cc1nn(-c2ccccc2)cc1CCCNC(=O)C1CC(=O)N(C2CCS(=O)(=O)C2)C1. The molecule has 4 rings (SSSR count). The van der Waals surface area contributed by atoms with Crippen molar-refractivity contribution in [2.45, 2.75) is 38.6 Å². The van der Waals surface area contributed by atoms with Gasteiger partial charge in [0.1, 0.15) is 0 Å². The number of aryl methyl sites for hydroxylation is 2. The smallest absolute Gasteiger partial charge is 0.225 e. The summed E-state index contributed by atoms with van der Waals surface area (Å²) in [5.74, 6) is -0.514. The molecular weight excluding hydrogens is 416 g/mol. The topological polar surface area (TPSA) is 101 Å². The first-order valence-corrected chi connectivity index (χ1v) is 12.5.